The summed E-state index contributed by atoms with van der Waals surface area (Å²) in [5.74, 6) is 0.154. The molecule has 1 saturated heterocycles. The zero-order chi connectivity index (χ0) is 17.9. The molecule has 1 aliphatic rings. The van der Waals surface area contributed by atoms with E-state index in [0.29, 0.717) is 6.42 Å². The second-order valence-corrected chi connectivity index (χ2v) is 7.52. The predicted octanol–water partition coefficient (Wildman–Crippen LogP) is 3.84. The number of aromatic nitrogens is 3. The molecule has 1 unspecified atom stereocenters. The highest BCUT2D eigenvalue weighted by molar-refractivity contribution is 7.13. The zero-order valence-electron chi connectivity index (χ0n) is 14.8. The molecular formula is C20H22N4OS. The Kier molecular flexibility index (Phi) is 4.84. The number of aryl methyl sites for hydroxylation is 1. The molecule has 5 nitrogen and oxygen atoms in total. The Bertz CT molecular complexity index is 886. The Morgan fingerprint density at radius 2 is 2.08 bits per heavy atom. The molecule has 0 bridgehead atoms. The molecule has 1 amide bonds. The van der Waals surface area contributed by atoms with Crippen LogP contribution in [0, 0.1) is 0 Å². The van der Waals surface area contributed by atoms with Crippen molar-refractivity contribution in [3.63, 3.8) is 0 Å². The Balaban J connectivity index is 1.50. The summed E-state index contributed by atoms with van der Waals surface area (Å²) >= 11 is 1.60. The van der Waals surface area contributed by atoms with E-state index in [1.807, 2.05) is 58.4 Å². The van der Waals surface area contributed by atoms with Gasteiger partial charge < -0.3 is 4.90 Å². The van der Waals surface area contributed by atoms with Crippen molar-refractivity contribution >= 4 is 17.2 Å². The lowest BCUT2D eigenvalue weighted by atomic mass is 9.98. The lowest BCUT2D eigenvalue weighted by Gasteiger charge is -2.35. The number of rotatable bonds is 4. The van der Waals surface area contributed by atoms with Crippen LogP contribution < -0.4 is 0 Å². The highest BCUT2D eigenvalue weighted by Gasteiger charge is 2.30. The average molecular weight is 366 g/mol. The number of carbonyl (C=O) groups is 1. The number of benzene rings is 1. The Morgan fingerprint density at radius 3 is 2.85 bits per heavy atom. The molecule has 1 aromatic carbocycles. The van der Waals surface area contributed by atoms with E-state index in [4.69, 9.17) is 0 Å². The molecule has 0 saturated carbocycles. The van der Waals surface area contributed by atoms with Crippen molar-refractivity contribution in [2.45, 2.75) is 31.7 Å². The quantitative estimate of drug-likeness (QED) is 0.705. The minimum absolute atomic E-state index is 0.121. The normalized spacial score (nSPS) is 17.4. The van der Waals surface area contributed by atoms with Gasteiger partial charge in [-0.25, -0.2) is 4.98 Å². The fourth-order valence-corrected chi connectivity index (χ4v) is 4.43. The molecule has 3 heterocycles. The van der Waals surface area contributed by atoms with Crippen LogP contribution in [0.5, 0.6) is 0 Å². The van der Waals surface area contributed by atoms with Crippen LogP contribution in [0.2, 0.25) is 0 Å². The summed E-state index contributed by atoms with van der Waals surface area (Å²) in [6.07, 6.45) is 5.37. The fraction of sp³-hybridized carbons (Fsp3) is 0.350. The first-order valence-electron chi connectivity index (χ1n) is 8.99. The second kappa shape index (κ2) is 7.41. The van der Waals surface area contributed by atoms with E-state index in [1.54, 1.807) is 17.5 Å². The molecule has 134 valence electrons. The van der Waals surface area contributed by atoms with E-state index in [9.17, 15) is 4.79 Å². The molecule has 0 N–H and O–H groups in total. The van der Waals surface area contributed by atoms with Crippen molar-refractivity contribution in [1.82, 2.24) is 19.7 Å². The predicted molar refractivity (Wildman–Crippen MR) is 103 cm³/mol. The third kappa shape index (κ3) is 3.42. The molecule has 1 aliphatic heterocycles. The summed E-state index contributed by atoms with van der Waals surface area (Å²) in [6, 6.07) is 12.3. The molecule has 0 spiro atoms. The van der Waals surface area contributed by atoms with Crippen molar-refractivity contribution in [2.24, 2.45) is 7.05 Å². The summed E-state index contributed by atoms with van der Waals surface area (Å²) < 4.78 is 1.88. The number of hydrogen-bond acceptors (Lipinski definition) is 4. The van der Waals surface area contributed by atoms with Crippen molar-refractivity contribution in [2.75, 3.05) is 6.54 Å². The summed E-state index contributed by atoms with van der Waals surface area (Å²) in [6.45, 7) is 0.810. The monoisotopic (exact) mass is 366 g/mol. The van der Waals surface area contributed by atoms with Gasteiger partial charge in [-0.2, -0.15) is 5.10 Å². The minimum atomic E-state index is 0.121. The first-order chi connectivity index (χ1) is 12.7. The van der Waals surface area contributed by atoms with E-state index >= 15 is 0 Å². The SMILES string of the molecule is Cn1nccc1C1CCCCN1C(=O)Cc1csc(-c2ccccc2)n1. The van der Waals surface area contributed by atoms with Crippen LogP contribution in [-0.2, 0) is 18.3 Å². The fourth-order valence-electron chi connectivity index (χ4n) is 3.61. The van der Waals surface area contributed by atoms with Gasteiger partial charge in [0.1, 0.15) is 5.01 Å². The third-order valence-corrected chi connectivity index (χ3v) is 5.87. The highest BCUT2D eigenvalue weighted by atomic mass is 32.1. The van der Waals surface area contributed by atoms with Gasteiger partial charge >= 0.3 is 0 Å². The van der Waals surface area contributed by atoms with Crippen LogP contribution in [0.25, 0.3) is 10.6 Å². The van der Waals surface area contributed by atoms with Gasteiger partial charge in [0.2, 0.25) is 5.91 Å². The van der Waals surface area contributed by atoms with Crippen molar-refractivity contribution in [3.8, 4) is 10.6 Å². The van der Waals surface area contributed by atoms with Gasteiger partial charge in [0, 0.05) is 30.7 Å². The Labute approximate surface area is 157 Å². The average Bonchev–Trinajstić information content (AvgIpc) is 3.31. The number of amides is 1. The van der Waals surface area contributed by atoms with E-state index in [0.717, 1.165) is 47.8 Å². The molecule has 0 aliphatic carbocycles. The number of carbonyl (C=O) groups excluding carboxylic acids is 1. The van der Waals surface area contributed by atoms with Gasteiger partial charge in [-0.3, -0.25) is 9.48 Å². The molecule has 2 aromatic heterocycles. The van der Waals surface area contributed by atoms with Gasteiger partial charge in [-0.15, -0.1) is 11.3 Å². The standard InChI is InChI=1S/C20H22N4OS/c1-23-17(10-11-21-23)18-9-5-6-12-24(18)19(25)13-16-14-26-20(22-16)15-7-3-2-4-8-15/h2-4,7-8,10-11,14,18H,5-6,9,12-13H2,1H3. The lowest BCUT2D eigenvalue weighted by Crippen LogP contribution is -2.40. The van der Waals surface area contributed by atoms with Crippen LogP contribution in [0.1, 0.15) is 36.7 Å². The summed E-state index contributed by atoms with van der Waals surface area (Å²) in [5, 5.41) is 7.25. The van der Waals surface area contributed by atoms with Crippen LogP contribution in [-0.4, -0.2) is 32.1 Å². The summed E-state index contributed by atoms with van der Waals surface area (Å²) in [5.41, 5.74) is 3.07. The minimum Gasteiger partial charge on any atom is -0.334 e. The molecule has 0 radical (unpaired) electrons. The molecule has 1 atom stereocenters. The largest absolute Gasteiger partial charge is 0.334 e. The Morgan fingerprint density at radius 1 is 1.23 bits per heavy atom. The summed E-state index contributed by atoms with van der Waals surface area (Å²) in [7, 11) is 1.94. The maximum atomic E-state index is 13.0. The first-order valence-corrected chi connectivity index (χ1v) is 9.87. The van der Waals surface area contributed by atoms with Crippen LogP contribution in [0.4, 0.5) is 0 Å². The topological polar surface area (TPSA) is 51.0 Å². The maximum absolute atomic E-state index is 13.0. The van der Waals surface area contributed by atoms with E-state index in [1.165, 1.54) is 0 Å². The van der Waals surface area contributed by atoms with Gasteiger partial charge in [0.25, 0.3) is 0 Å². The molecule has 6 heteroatoms. The lowest BCUT2D eigenvalue weighted by molar-refractivity contribution is -0.134. The first kappa shape index (κ1) is 17.0. The van der Waals surface area contributed by atoms with E-state index in [-0.39, 0.29) is 11.9 Å². The molecule has 4 rings (SSSR count). The maximum Gasteiger partial charge on any atom is 0.229 e. The zero-order valence-corrected chi connectivity index (χ0v) is 15.7. The molecule has 26 heavy (non-hydrogen) atoms. The van der Waals surface area contributed by atoms with E-state index in [2.05, 4.69) is 10.1 Å². The number of likely N-dealkylation sites (tertiary alicyclic amines) is 1. The second-order valence-electron chi connectivity index (χ2n) is 6.67. The van der Waals surface area contributed by atoms with Crippen LogP contribution in [0.3, 0.4) is 0 Å². The van der Waals surface area contributed by atoms with Crippen molar-refractivity contribution in [3.05, 3.63) is 59.4 Å². The molecule has 3 aromatic rings. The third-order valence-electron chi connectivity index (χ3n) is 4.93. The number of nitrogens with zero attached hydrogens (tertiary/aromatic N) is 4. The molecular weight excluding hydrogens is 344 g/mol. The van der Waals surface area contributed by atoms with Gasteiger partial charge in [0.15, 0.2) is 0 Å². The van der Waals surface area contributed by atoms with Crippen LogP contribution >= 0.6 is 11.3 Å². The number of piperidine rings is 1. The highest BCUT2D eigenvalue weighted by Crippen LogP contribution is 2.31. The Hall–Kier alpha value is -2.47. The number of thiazole rings is 1. The van der Waals surface area contributed by atoms with Gasteiger partial charge in [0.05, 0.1) is 23.9 Å². The van der Waals surface area contributed by atoms with Gasteiger partial charge in [-0.05, 0) is 25.3 Å². The molecule has 1 fully saturated rings. The van der Waals surface area contributed by atoms with Crippen molar-refractivity contribution < 1.29 is 4.79 Å². The van der Waals surface area contributed by atoms with Gasteiger partial charge in [-0.1, -0.05) is 30.3 Å². The number of hydrogen-bond donors (Lipinski definition) is 0. The van der Waals surface area contributed by atoms with E-state index < -0.39 is 0 Å². The smallest absolute Gasteiger partial charge is 0.229 e. The summed E-state index contributed by atoms with van der Waals surface area (Å²) in [4.78, 5) is 19.7. The van der Waals surface area contributed by atoms with Crippen molar-refractivity contribution in [1.29, 1.82) is 0 Å². The van der Waals surface area contributed by atoms with Crippen LogP contribution in [0.15, 0.2) is 48.0 Å².